The summed E-state index contributed by atoms with van der Waals surface area (Å²) in [7, 11) is 4.31. The van der Waals surface area contributed by atoms with Crippen molar-refractivity contribution in [2.75, 3.05) is 20.6 Å². The Labute approximate surface area is 152 Å². The molecule has 1 fully saturated rings. The Kier molecular flexibility index (Phi) is 5.06. The number of allylic oxidation sites excluding steroid dienone is 1. The van der Waals surface area contributed by atoms with E-state index in [1.807, 2.05) is 39.0 Å². The Bertz CT molecular complexity index is 669. The van der Waals surface area contributed by atoms with Crippen LogP contribution in [0, 0.1) is 23.2 Å². The van der Waals surface area contributed by atoms with Crippen LogP contribution >= 0.6 is 0 Å². The van der Waals surface area contributed by atoms with Gasteiger partial charge in [-0.1, -0.05) is 18.2 Å². The van der Waals surface area contributed by atoms with Gasteiger partial charge in [0.1, 0.15) is 5.75 Å². The molecule has 1 saturated carbocycles. The van der Waals surface area contributed by atoms with E-state index in [0.29, 0.717) is 11.7 Å². The number of carbonyl (C=O) groups excluding carboxylic acids is 1. The maximum absolute atomic E-state index is 12.2. The van der Waals surface area contributed by atoms with Crippen molar-refractivity contribution in [3.05, 3.63) is 35.9 Å². The van der Waals surface area contributed by atoms with Crippen LogP contribution in [0.4, 0.5) is 0 Å². The maximum atomic E-state index is 12.2. The molecule has 2 bridgehead atoms. The standard InChI is InChI=1S/C22H31NO2/c1-22(2,3)21(24)25-18-8-6-7-16(13-18)19-12-15-9-10-17(11-15)20(19)14-23(4)5/h6-8,12-13,15,17,20H,9-11,14H2,1-5H3/t15-,17+,20+/m1/s1. The lowest BCUT2D eigenvalue weighted by molar-refractivity contribution is -0.142. The minimum atomic E-state index is -0.493. The lowest BCUT2D eigenvalue weighted by atomic mass is 9.76. The number of ether oxygens (including phenoxy) is 1. The molecule has 136 valence electrons. The SMILES string of the molecule is CN(C)C[C@@H]1C(c2cccc(OC(=O)C(C)(C)C)c2)=C[C@@H]2CC[C@H]1C2. The van der Waals surface area contributed by atoms with E-state index in [2.05, 4.69) is 31.1 Å². The molecule has 1 aromatic rings. The van der Waals surface area contributed by atoms with Gasteiger partial charge < -0.3 is 9.64 Å². The van der Waals surface area contributed by atoms with Crippen LogP contribution in [0.15, 0.2) is 30.3 Å². The number of benzene rings is 1. The Morgan fingerprint density at radius 3 is 2.68 bits per heavy atom. The summed E-state index contributed by atoms with van der Waals surface area (Å²) in [4.78, 5) is 14.5. The molecule has 0 amide bonds. The van der Waals surface area contributed by atoms with Crippen LogP contribution < -0.4 is 4.74 Å². The van der Waals surface area contributed by atoms with Gasteiger partial charge in [-0.25, -0.2) is 0 Å². The summed E-state index contributed by atoms with van der Waals surface area (Å²) in [6.45, 7) is 6.73. The summed E-state index contributed by atoms with van der Waals surface area (Å²) in [6, 6.07) is 8.09. The Balaban J connectivity index is 1.87. The second-order valence-electron chi connectivity index (χ2n) is 8.99. The van der Waals surface area contributed by atoms with E-state index >= 15 is 0 Å². The second-order valence-corrected chi connectivity index (χ2v) is 8.99. The second kappa shape index (κ2) is 6.95. The van der Waals surface area contributed by atoms with Crippen LogP contribution in [0.2, 0.25) is 0 Å². The van der Waals surface area contributed by atoms with Crippen molar-refractivity contribution in [2.24, 2.45) is 23.2 Å². The van der Waals surface area contributed by atoms with Crippen molar-refractivity contribution in [3.63, 3.8) is 0 Å². The van der Waals surface area contributed by atoms with Gasteiger partial charge in [0.05, 0.1) is 5.41 Å². The van der Waals surface area contributed by atoms with E-state index in [0.717, 1.165) is 18.4 Å². The highest BCUT2D eigenvalue weighted by molar-refractivity contribution is 5.78. The van der Waals surface area contributed by atoms with E-state index < -0.39 is 5.41 Å². The highest BCUT2D eigenvalue weighted by atomic mass is 16.5. The maximum Gasteiger partial charge on any atom is 0.316 e. The molecule has 0 aliphatic heterocycles. The molecule has 2 aliphatic carbocycles. The first-order valence-corrected chi connectivity index (χ1v) is 9.43. The fourth-order valence-corrected chi connectivity index (χ4v) is 4.15. The predicted octanol–water partition coefficient (Wildman–Crippen LogP) is 4.63. The van der Waals surface area contributed by atoms with Gasteiger partial charge in [-0.05, 0) is 95.2 Å². The monoisotopic (exact) mass is 341 g/mol. The molecular weight excluding hydrogens is 310 g/mol. The molecule has 1 aromatic carbocycles. The van der Waals surface area contributed by atoms with Crippen LogP contribution in [0.3, 0.4) is 0 Å². The smallest absolute Gasteiger partial charge is 0.316 e. The zero-order valence-corrected chi connectivity index (χ0v) is 16.2. The Morgan fingerprint density at radius 2 is 2.00 bits per heavy atom. The van der Waals surface area contributed by atoms with Crippen molar-refractivity contribution in [1.29, 1.82) is 0 Å². The van der Waals surface area contributed by atoms with Gasteiger partial charge >= 0.3 is 5.97 Å². The molecule has 0 radical (unpaired) electrons. The zero-order chi connectivity index (χ0) is 18.2. The van der Waals surface area contributed by atoms with E-state index in [9.17, 15) is 4.79 Å². The normalized spacial score (nSPS) is 25.8. The number of nitrogens with zero attached hydrogens (tertiary/aromatic N) is 1. The third-order valence-electron chi connectivity index (χ3n) is 5.45. The zero-order valence-electron chi connectivity index (χ0n) is 16.2. The molecule has 0 saturated heterocycles. The summed E-state index contributed by atoms with van der Waals surface area (Å²) in [5.41, 5.74) is 2.16. The van der Waals surface area contributed by atoms with Crippen molar-refractivity contribution in [3.8, 4) is 5.75 Å². The van der Waals surface area contributed by atoms with Gasteiger partial charge in [0.2, 0.25) is 0 Å². The summed E-state index contributed by atoms with van der Waals surface area (Å²) < 4.78 is 5.62. The van der Waals surface area contributed by atoms with Gasteiger partial charge in [0.25, 0.3) is 0 Å². The molecule has 0 spiro atoms. The number of esters is 1. The molecule has 2 aliphatic rings. The third-order valence-corrected chi connectivity index (χ3v) is 5.45. The summed E-state index contributed by atoms with van der Waals surface area (Å²) in [6.07, 6.45) is 6.47. The van der Waals surface area contributed by atoms with Crippen LogP contribution in [0.5, 0.6) is 5.75 Å². The van der Waals surface area contributed by atoms with Gasteiger partial charge in [-0.3, -0.25) is 4.79 Å². The summed E-state index contributed by atoms with van der Waals surface area (Å²) >= 11 is 0. The molecule has 3 atom stereocenters. The number of hydrogen-bond acceptors (Lipinski definition) is 3. The van der Waals surface area contributed by atoms with Crippen LogP contribution in [0.25, 0.3) is 5.57 Å². The van der Waals surface area contributed by atoms with Crippen LogP contribution in [-0.2, 0) is 4.79 Å². The Hall–Kier alpha value is -1.61. The van der Waals surface area contributed by atoms with E-state index in [4.69, 9.17) is 4.74 Å². The average Bonchev–Trinajstić information content (AvgIpc) is 2.92. The predicted molar refractivity (Wildman–Crippen MR) is 102 cm³/mol. The minimum absolute atomic E-state index is 0.188. The first-order chi connectivity index (χ1) is 11.7. The summed E-state index contributed by atoms with van der Waals surface area (Å²) in [5, 5.41) is 0. The molecule has 3 rings (SSSR count). The molecule has 3 heteroatoms. The van der Waals surface area contributed by atoms with Crippen molar-refractivity contribution < 1.29 is 9.53 Å². The van der Waals surface area contributed by atoms with Crippen molar-refractivity contribution >= 4 is 11.5 Å². The first kappa shape index (κ1) is 18.2. The minimum Gasteiger partial charge on any atom is -0.426 e. The molecule has 0 aromatic heterocycles. The number of fused-ring (bicyclic) bond motifs is 2. The third kappa shape index (κ3) is 4.14. The first-order valence-electron chi connectivity index (χ1n) is 9.43. The van der Waals surface area contributed by atoms with E-state index in [1.54, 1.807) is 0 Å². The number of rotatable bonds is 4. The fourth-order valence-electron chi connectivity index (χ4n) is 4.15. The molecule has 0 unspecified atom stereocenters. The number of carbonyl (C=O) groups is 1. The van der Waals surface area contributed by atoms with E-state index in [1.165, 1.54) is 30.4 Å². The van der Waals surface area contributed by atoms with Crippen molar-refractivity contribution in [1.82, 2.24) is 4.90 Å². The number of hydrogen-bond donors (Lipinski definition) is 0. The fraction of sp³-hybridized carbons (Fsp3) is 0.591. The van der Waals surface area contributed by atoms with Crippen LogP contribution in [-0.4, -0.2) is 31.5 Å². The molecule has 25 heavy (non-hydrogen) atoms. The van der Waals surface area contributed by atoms with E-state index in [-0.39, 0.29) is 5.97 Å². The molecule has 3 nitrogen and oxygen atoms in total. The topological polar surface area (TPSA) is 29.5 Å². The van der Waals surface area contributed by atoms with Crippen molar-refractivity contribution in [2.45, 2.75) is 40.0 Å². The molecular formula is C22H31NO2. The lowest BCUT2D eigenvalue weighted by Crippen LogP contribution is -2.29. The van der Waals surface area contributed by atoms with Gasteiger partial charge in [0.15, 0.2) is 0 Å². The largest absolute Gasteiger partial charge is 0.426 e. The molecule has 0 N–H and O–H groups in total. The average molecular weight is 341 g/mol. The quantitative estimate of drug-likeness (QED) is 0.591. The van der Waals surface area contributed by atoms with Gasteiger partial charge in [-0.2, -0.15) is 0 Å². The Morgan fingerprint density at radius 1 is 1.24 bits per heavy atom. The van der Waals surface area contributed by atoms with Crippen LogP contribution in [0.1, 0.15) is 45.6 Å². The highest BCUT2D eigenvalue weighted by Crippen LogP contribution is 2.48. The van der Waals surface area contributed by atoms with Gasteiger partial charge in [-0.15, -0.1) is 0 Å². The summed E-state index contributed by atoms with van der Waals surface area (Å²) in [5.74, 6) is 2.54. The van der Waals surface area contributed by atoms with Gasteiger partial charge in [0, 0.05) is 6.54 Å². The molecule has 0 heterocycles. The lowest BCUT2D eigenvalue weighted by Gasteiger charge is -2.33. The highest BCUT2D eigenvalue weighted by Gasteiger charge is 2.37.